The van der Waals surface area contributed by atoms with Crippen LogP contribution in [0.15, 0.2) is 39.9 Å². The van der Waals surface area contributed by atoms with Crippen molar-refractivity contribution in [1.29, 1.82) is 0 Å². The van der Waals surface area contributed by atoms with Gasteiger partial charge in [-0.2, -0.15) is 0 Å². The number of fused-ring (bicyclic) bond motifs is 1. The first-order chi connectivity index (χ1) is 14.8. The van der Waals surface area contributed by atoms with E-state index in [9.17, 15) is 14.4 Å². The highest BCUT2D eigenvalue weighted by Gasteiger charge is 2.29. The third kappa shape index (κ3) is 4.19. The zero-order valence-corrected chi connectivity index (χ0v) is 18.2. The third-order valence-electron chi connectivity index (χ3n) is 5.76. The van der Waals surface area contributed by atoms with Crippen molar-refractivity contribution in [3.05, 3.63) is 62.6 Å². The van der Waals surface area contributed by atoms with E-state index in [4.69, 9.17) is 9.72 Å². The predicted octanol–water partition coefficient (Wildman–Crippen LogP) is 3.14. The van der Waals surface area contributed by atoms with Gasteiger partial charge in [-0.3, -0.25) is 23.7 Å². The molecular weight excluding hydrogens is 396 g/mol. The summed E-state index contributed by atoms with van der Waals surface area (Å²) in [5, 5.41) is 0. The number of aromatic amines is 1. The summed E-state index contributed by atoms with van der Waals surface area (Å²) in [7, 11) is 0. The molecule has 0 spiro atoms. The van der Waals surface area contributed by atoms with Crippen molar-refractivity contribution in [2.75, 3.05) is 0 Å². The summed E-state index contributed by atoms with van der Waals surface area (Å²) in [4.78, 5) is 45.1. The second-order valence-electron chi connectivity index (χ2n) is 9.19. The van der Waals surface area contributed by atoms with Crippen molar-refractivity contribution < 1.29 is 9.53 Å². The van der Waals surface area contributed by atoms with Crippen molar-refractivity contribution in [3.8, 4) is 0 Å². The number of aromatic nitrogens is 4. The Morgan fingerprint density at radius 1 is 1.13 bits per heavy atom. The van der Waals surface area contributed by atoms with E-state index in [1.807, 2.05) is 30.3 Å². The van der Waals surface area contributed by atoms with Crippen molar-refractivity contribution in [2.24, 2.45) is 5.41 Å². The Hall–Kier alpha value is -3.16. The summed E-state index contributed by atoms with van der Waals surface area (Å²) in [6, 6.07) is 9.55. The van der Waals surface area contributed by atoms with Crippen LogP contribution in [-0.2, 0) is 22.8 Å². The largest absolute Gasteiger partial charge is 0.443 e. The molecule has 0 saturated heterocycles. The zero-order valence-electron chi connectivity index (χ0n) is 18.2. The molecule has 0 aliphatic heterocycles. The number of nitrogens with one attached hydrogen (secondary N) is 1. The number of benzene rings is 1. The molecule has 0 atom stereocenters. The Morgan fingerprint density at radius 3 is 2.45 bits per heavy atom. The van der Waals surface area contributed by atoms with Gasteiger partial charge in [0.25, 0.3) is 5.56 Å². The molecule has 0 amide bonds. The van der Waals surface area contributed by atoms with E-state index in [0.717, 1.165) is 31.2 Å². The van der Waals surface area contributed by atoms with E-state index in [1.54, 1.807) is 25.3 Å². The van der Waals surface area contributed by atoms with E-state index in [0.29, 0.717) is 11.5 Å². The number of carbonyl (C=O) groups excluding carboxylic acids is 1. The molecule has 31 heavy (non-hydrogen) atoms. The molecule has 4 rings (SSSR count). The summed E-state index contributed by atoms with van der Waals surface area (Å²) < 4.78 is 8.70. The van der Waals surface area contributed by atoms with Crippen molar-refractivity contribution in [1.82, 2.24) is 19.1 Å². The number of esters is 1. The van der Waals surface area contributed by atoms with Crippen LogP contribution in [-0.4, -0.2) is 25.1 Å². The Labute approximate surface area is 179 Å². The van der Waals surface area contributed by atoms with Crippen molar-refractivity contribution in [3.63, 3.8) is 0 Å². The van der Waals surface area contributed by atoms with E-state index in [2.05, 4.69) is 4.98 Å². The molecule has 1 saturated carbocycles. The molecule has 0 radical (unpaired) electrons. The number of hydrogen-bond acceptors (Lipinski definition) is 5. The van der Waals surface area contributed by atoms with Crippen LogP contribution >= 0.6 is 0 Å². The molecule has 8 nitrogen and oxygen atoms in total. The zero-order chi connectivity index (χ0) is 22.2. The van der Waals surface area contributed by atoms with Gasteiger partial charge < -0.3 is 4.74 Å². The van der Waals surface area contributed by atoms with Gasteiger partial charge in [0.2, 0.25) is 0 Å². The highest BCUT2D eigenvalue weighted by atomic mass is 16.5. The molecule has 8 heteroatoms. The van der Waals surface area contributed by atoms with Crippen LogP contribution in [0.3, 0.4) is 0 Å². The Morgan fingerprint density at radius 2 is 1.81 bits per heavy atom. The number of carbonyl (C=O) groups is 1. The lowest BCUT2D eigenvalue weighted by Crippen LogP contribution is -2.32. The summed E-state index contributed by atoms with van der Waals surface area (Å²) >= 11 is 0. The smallest absolute Gasteiger partial charge is 0.330 e. The number of hydrogen-bond donors (Lipinski definition) is 1. The SMILES string of the molecule is CC(C)(C)C(=O)OCn1c(C2CCCC2)nc2c1c(=O)[nH]c(=O)n2Cc1ccccc1. The summed E-state index contributed by atoms with van der Waals surface area (Å²) in [6.45, 7) is 5.53. The average molecular weight is 425 g/mol. The second kappa shape index (κ2) is 8.17. The quantitative estimate of drug-likeness (QED) is 0.635. The van der Waals surface area contributed by atoms with Crippen LogP contribution in [0.1, 0.15) is 63.8 Å². The Bertz CT molecular complexity index is 1210. The van der Waals surface area contributed by atoms with Crippen LogP contribution in [0.5, 0.6) is 0 Å². The van der Waals surface area contributed by atoms with Crippen LogP contribution in [0.25, 0.3) is 11.2 Å². The van der Waals surface area contributed by atoms with E-state index >= 15 is 0 Å². The Balaban J connectivity index is 1.85. The molecule has 2 aromatic heterocycles. The minimum Gasteiger partial charge on any atom is -0.443 e. The lowest BCUT2D eigenvalue weighted by molar-refractivity contribution is -0.156. The highest BCUT2D eigenvalue weighted by Crippen LogP contribution is 2.34. The maximum atomic E-state index is 12.8. The van der Waals surface area contributed by atoms with E-state index < -0.39 is 16.7 Å². The molecule has 0 unspecified atom stereocenters. The fourth-order valence-corrected chi connectivity index (χ4v) is 4.07. The lowest BCUT2D eigenvalue weighted by atomic mass is 9.98. The molecule has 164 valence electrons. The lowest BCUT2D eigenvalue weighted by Gasteiger charge is -2.18. The number of rotatable bonds is 5. The molecular formula is C23H28N4O4. The summed E-state index contributed by atoms with van der Waals surface area (Å²) in [5.41, 5.74) is -0.172. The topological polar surface area (TPSA) is 99.0 Å². The predicted molar refractivity (Wildman–Crippen MR) is 117 cm³/mol. The fraction of sp³-hybridized carbons (Fsp3) is 0.478. The Kier molecular flexibility index (Phi) is 5.56. The summed E-state index contributed by atoms with van der Waals surface area (Å²) in [5.74, 6) is 0.508. The molecule has 1 fully saturated rings. The minimum atomic E-state index is -0.661. The first kappa shape index (κ1) is 21.1. The number of H-pyrrole nitrogens is 1. The van der Waals surface area contributed by atoms with Gasteiger partial charge in [-0.05, 0) is 39.2 Å². The van der Waals surface area contributed by atoms with Crippen LogP contribution in [0, 0.1) is 5.41 Å². The molecule has 2 heterocycles. The maximum absolute atomic E-state index is 12.8. The standard InChI is InChI=1S/C23H28N4O4/c1-23(2,3)21(29)31-14-27-17-19(24-18(27)16-11-7-8-12-16)26(22(30)25-20(17)28)13-15-9-5-4-6-10-15/h4-6,9-10,16H,7-8,11-14H2,1-3H3,(H,25,28,30). The second-order valence-corrected chi connectivity index (χ2v) is 9.19. The van der Waals surface area contributed by atoms with Gasteiger partial charge in [0.05, 0.1) is 12.0 Å². The molecule has 1 aliphatic carbocycles. The number of imidazole rings is 1. The van der Waals surface area contributed by atoms with Gasteiger partial charge in [-0.1, -0.05) is 43.2 Å². The van der Waals surface area contributed by atoms with Gasteiger partial charge >= 0.3 is 11.7 Å². The van der Waals surface area contributed by atoms with Crippen LogP contribution < -0.4 is 11.2 Å². The van der Waals surface area contributed by atoms with Gasteiger partial charge in [0.1, 0.15) is 5.82 Å². The average Bonchev–Trinajstić information content (AvgIpc) is 3.37. The molecule has 1 N–H and O–H groups in total. The van der Waals surface area contributed by atoms with Crippen molar-refractivity contribution >= 4 is 17.1 Å². The number of ether oxygens (including phenoxy) is 1. The third-order valence-corrected chi connectivity index (χ3v) is 5.76. The van der Waals surface area contributed by atoms with Gasteiger partial charge in [0.15, 0.2) is 17.9 Å². The van der Waals surface area contributed by atoms with Crippen LogP contribution in [0.4, 0.5) is 0 Å². The van der Waals surface area contributed by atoms with Crippen LogP contribution in [0.2, 0.25) is 0 Å². The number of nitrogens with zero attached hydrogens (tertiary/aromatic N) is 3. The minimum absolute atomic E-state index is 0.106. The molecule has 1 aromatic carbocycles. The highest BCUT2D eigenvalue weighted by molar-refractivity contribution is 5.75. The fourth-order valence-electron chi connectivity index (χ4n) is 4.07. The first-order valence-corrected chi connectivity index (χ1v) is 10.7. The summed E-state index contributed by atoms with van der Waals surface area (Å²) in [6.07, 6.45) is 4.08. The monoisotopic (exact) mass is 424 g/mol. The van der Waals surface area contributed by atoms with Gasteiger partial charge in [-0.15, -0.1) is 0 Å². The normalized spacial score (nSPS) is 14.9. The van der Waals surface area contributed by atoms with E-state index in [-0.39, 0.29) is 30.7 Å². The molecule has 1 aliphatic rings. The van der Waals surface area contributed by atoms with Crippen molar-refractivity contribution in [2.45, 2.75) is 65.6 Å². The van der Waals surface area contributed by atoms with E-state index in [1.165, 1.54) is 4.57 Å². The van der Waals surface area contributed by atoms with Gasteiger partial charge in [-0.25, -0.2) is 9.78 Å². The molecule has 3 aromatic rings. The first-order valence-electron chi connectivity index (χ1n) is 10.7. The molecule has 0 bridgehead atoms. The van der Waals surface area contributed by atoms with Gasteiger partial charge in [0, 0.05) is 5.92 Å². The maximum Gasteiger partial charge on any atom is 0.330 e.